The smallest absolute Gasteiger partial charge is 0.345 e. The molecule has 0 unspecified atom stereocenters. The van der Waals surface area contributed by atoms with E-state index in [2.05, 4.69) is 10.2 Å². The molecule has 7 heteroatoms. The van der Waals surface area contributed by atoms with E-state index in [0.29, 0.717) is 31.6 Å². The van der Waals surface area contributed by atoms with Crippen molar-refractivity contribution in [2.75, 3.05) is 0 Å². The minimum Gasteiger partial charge on any atom is -0.479 e. The first-order chi connectivity index (χ1) is 7.97. The molecule has 1 saturated carbocycles. The number of aliphatic carboxylic acids is 1. The zero-order valence-electron chi connectivity index (χ0n) is 9.52. The maximum Gasteiger partial charge on any atom is 0.345 e. The van der Waals surface area contributed by atoms with Gasteiger partial charge >= 0.3 is 17.3 Å². The van der Waals surface area contributed by atoms with Crippen LogP contribution in [0.4, 0.5) is 0 Å². The Morgan fingerprint density at radius 1 is 1.29 bits per heavy atom. The fourth-order valence-electron chi connectivity index (χ4n) is 2.47. The number of carbonyl (C=O) groups is 1. The normalized spacial score (nSPS) is 29.1. The summed E-state index contributed by atoms with van der Waals surface area (Å²) in [4.78, 5) is 34.5. The molecular formula is C10H15N3O4. The lowest BCUT2D eigenvalue weighted by Crippen LogP contribution is -2.53. The van der Waals surface area contributed by atoms with Gasteiger partial charge in [-0.2, -0.15) is 0 Å². The largest absolute Gasteiger partial charge is 0.479 e. The van der Waals surface area contributed by atoms with Gasteiger partial charge in [0.15, 0.2) is 5.54 Å². The van der Waals surface area contributed by atoms with Crippen molar-refractivity contribution >= 4 is 5.97 Å². The highest BCUT2D eigenvalue weighted by molar-refractivity contribution is 5.76. The van der Waals surface area contributed by atoms with Gasteiger partial charge in [0.1, 0.15) is 0 Å². The van der Waals surface area contributed by atoms with E-state index in [0.717, 1.165) is 4.57 Å². The monoisotopic (exact) mass is 241 g/mol. The van der Waals surface area contributed by atoms with E-state index in [1.165, 1.54) is 0 Å². The molecule has 3 N–H and O–H groups in total. The standard InChI is InChI=1S/C10H15N3O4/c1-6-2-4-10(5-3-6,7(14)15)13-8(16)11-12-9(13)17/h6H,2-5H2,1H3,(H,11,16)(H,12,17)(H,14,15). The topological polar surface area (TPSA) is 108 Å². The van der Waals surface area contributed by atoms with Crippen molar-refractivity contribution in [3.8, 4) is 0 Å². The Kier molecular flexibility index (Phi) is 2.68. The molecule has 0 radical (unpaired) electrons. The molecule has 1 aliphatic rings. The lowest BCUT2D eigenvalue weighted by Gasteiger charge is -2.35. The van der Waals surface area contributed by atoms with Gasteiger partial charge in [-0.25, -0.2) is 29.1 Å². The summed E-state index contributed by atoms with van der Waals surface area (Å²) >= 11 is 0. The van der Waals surface area contributed by atoms with E-state index in [-0.39, 0.29) is 0 Å². The Morgan fingerprint density at radius 3 is 2.18 bits per heavy atom. The number of hydrogen-bond acceptors (Lipinski definition) is 3. The van der Waals surface area contributed by atoms with Gasteiger partial charge in [-0.1, -0.05) is 6.92 Å². The Bertz CT molecular complexity index is 503. The van der Waals surface area contributed by atoms with Crippen LogP contribution in [0.25, 0.3) is 0 Å². The molecule has 2 rings (SSSR count). The number of carboxylic acids is 1. The summed E-state index contributed by atoms with van der Waals surface area (Å²) in [5.74, 6) is -0.687. The number of aromatic nitrogens is 3. The molecule has 0 aliphatic heterocycles. The zero-order chi connectivity index (χ0) is 12.6. The molecular weight excluding hydrogens is 226 g/mol. The lowest BCUT2D eigenvalue weighted by molar-refractivity contribution is -0.150. The molecule has 0 bridgehead atoms. The van der Waals surface area contributed by atoms with Crippen LogP contribution in [0.3, 0.4) is 0 Å². The number of rotatable bonds is 2. The van der Waals surface area contributed by atoms with Gasteiger partial charge in [0, 0.05) is 0 Å². The van der Waals surface area contributed by atoms with Gasteiger partial charge in [-0.15, -0.1) is 0 Å². The van der Waals surface area contributed by atoms with Crippen molar-refractivity contribution in [3.05, 3.63) is 21.0 Å². The van der Waals surface area contributed by atoms with Crippen LogP contribution in [-0.2, 0) is 10.3 Å². The van der Waals surface area contributed by atoms with Crippen molar-refractivity contribution < 1.29 is 9.90 Å². The number of carboxylic acid groups (broad SMARTS) is 1. The van der Waals surface area contributed by atoms with Crippen molar-refractivity contribution in [1.29, 1.82) is 0 Å². The fourth-order valence-corrected chi connectivity index (χ4v) is 2.47. The molecule has 0 spiro atoms. The van der Waals surface area contributed by atoms with Gasteiger partial charge in [0.05, 0.1) is 0 Å². The molecule has 1 fully saturated rings. The summed E-state index contributed by atoms with van der Waals surface area (Å²) < 4.78 is 0.807. The molecule has 0 aromatic carbocycles. The number of H-pyrrole nitrogens is 2. The second-order valence-corrected chi connectivity index (χ2v) is 4.71. The third-order valence-electron chi connectivity index (χ3n) is 3.61. The third-order valence-corrected chi connectivity index (χ3v) is 3.61. The van der Waals surface area contributed by atoms with E-state index < -0.39 is 22.9 Å². The predicted octanol–water partition coefficient (Wildman–Crippen LogP) is -0.145. The van der Waals surface area contributed by atoms with Crippen molar-refractivity contribution in [1.82, 2.24) is 14.8 Å². The highest BCUT2D eigenvalue weighted by atomic mass is 16.4. The van der Waals surface area contributed by atoms with Gasteiger partial charge in [-0.3, -0.25) is 0 Å². The maximum absolute atomic E-state index is 11.5. The van der Waals surface area contributed by atoms with Crippen LogP contribution in [0, 0.1) is 5.92 Å². The summed E-state index contributed by atoms with van der Waals surface area (Å²) in [7, 11) is 0. The van der Waals surface area contributed by atoms with Gasteiger partial charge in [0.25, 0.3) is 0 Å². The van der Waals surface area contributed by atoms with Crippen molar-refractivity contribution in [3.63, 3.8) is 0 Å². The summed E-state index contributed by atoms with van der Waals surface area (Å²) in [5, 5.41) is 13.6. The van der Waals surface area contributed by atoms with E-state index in [1.807, 2.05) is 6.92 Å². The van der Waals surface area contributed by atoms with E-state index in [9.17, 15) is 19.5 Å². The maximum atomic E-state index is 11.5. The number of nitrogens with zero attached hydrogens (tertiary/aromatic N) is 1. The van der Waals surface area contributed by atoms with Crippen LogP contribution in [-0.4, -0.2) is 25.8 Å². The number of aromatic amines is 2. The van der Waals surface area contributed by atoms with Gasteiger partial charge in [-0.05, 0) is 31.6 Å². The minimum absolute atomic E-state index is 0.310. The highest BCUT2D eigenvalue weighted by Gasteiger charge is 2.45. The van der Waals surface area contributed by atoms with Crippen LogP contribution < -0.4 is 11.4 Å². The van der Waals surface area contributed by atoms with Crippen LogP contribution in [0.15, 0.2) is 9.59 Å². The summed E-state index contributed by atoms with van der Waals surface area (Å²) in [5.41, 5.74) is -2.77. The van der Waals surface area contributed by atoms with E-state index in [1.54, 1.807) is 0 Å². The summed E-state index contributed by atoms with van der Waals surface area (Å²) in [6.45, 7) is 2.04. The van der Waals surface area contributed by atoms with Gasteiger partial charge < -0.3 is 5.11 Å². The van der Waals surface area contributed by atoms with Crippen LogP contribution >= 0.6 is 0 Å². The SMILES string of the molecule is CC1CCC(C(=O)O)(n2c(=O)[nH][nH]c2=O)CC1. The van der Waals surface area contributed by atoms with Crippen LogP contribution in [0.2, 0.25) is 0 Å². The molecule has 7 nitrogen and oxygen atoms in total. The summed E-state index contributed by atoms with van der Waals surface area (Å²) in [6, 6.07) is 0. The quantitative estimate of drug-likeness (QED) is 0.669. The minimum atomic E-state index is -1.39. The average molecular weight is 241 g/mol. The summed E-state index contributed by atoms with van der Waals surface area (Å²) in [6.07, 6.45) is 2.02. The van der Waals surface area contributed by atoms with E-state index >= 15 is 0 Å². The second-order valence-electron chi connectivity index (χ2n) is 4.71. The Morgan fingerprint density at radius 2 is 1.76 bits per heavy atom. The molecule has 0 amide bonds. The number of hydrogen-bond donors (Lipinski definition) is 3. The third kappa shape index (κ3) is 1.71. The molecule has 1 aromatic rings. The van der Waals surface area contributed by atoms with Gasteiger partial charge in [0.2, 0.25) is 0 Å². The second kappa shape index (κ2) is 3.90. The Balaban J connectivity index is 2.54. The molecule has 94 valence electrons. The first-order valence-corrected chi connectivity index (χ1v) is 5.61. The first kappa shape index (κ1) is 11.7. The number of nitrogens with one attached hydrogen (secondary N) is 2. The molecule has 1 aromatic heterocycles. The van der Waals surface area contributed by atoms with Crippen molar-refractivity contribution in [2.24, 2.45) is 5.92 Å². The van der Waals surface area contributed by atoms with Crippen LogP contribution in [0.1, 0.15) is 32.6 Å². The lowest BCUT2D eigenvalue weighted by atomic mass is 9.77. The van der Waals surface area contributed by atoms with Crippen molar-refractivity contribution in [2.45, 2.75) is 38.1 Å². The predicted molar refractivity (Wildman–Crippen MR) is 58.9 cm³/mol. The first-order valence-electron chi connectivity index (χ1n) is 5.61. The Hall–Kier alpha value is -1.79. The molecule has 1 heterocycles. The molecule has 1 aliphatic carbocycles. The Labute approximate surface area is 96.5 Å². The average Bonchev–Trinajstić information content (AvgIpc) is 2.61. The molecule has 0 atom stereocenters. The zero-order valence-corrected chi connectivity index (χ0v) is 9.52. The molecule has 17 heavy (non-hydrogen) atoms. The highest BCUT2D eigenvalue weighted by Crippen LogP contribution is 2.36. The molecule has 0 saturated heterocycles. The van der Waals surface area contributed by atoms with E-state index in [4.69, 9.17) is 0 Å². The van der Waals surface area contributed by atoms with Crippen LogP contribution in [0.5, 0.6) is 0 Å². The fraction of sp³-hybridized carbons (Fsp3) is 0.700.